The van der Waals surface area contributed by atoms with Gasteiger partial charge in [0.25, 0.3) is 11.8 Å². The van der Waals surface area contributed by atoms with E-state index in [2.05, 4.69) is 65.7 Å². The number of carbonyl (C=O) groups is 2. The Hall–Kier alpha value is -2.22. The van der Waals surface area contributed by atoms with E-state index in [0.29, 0.717) is 22.0 Å². The van der Waals surface area contributed by atoms with Crippen LogP contribution in [0.5, 0.6) is 0 Å². The summed E-state index contributed by atoms with van der Waals surface area (Å²) in [6, 6.07) is 0.718. The number of carbonyl (C=O) groups excluding carboxylic acids is 2. The average Bonchev–Trinajstić information content (AvgIpc) is 3.58. The van der Waals surface area contributed by atoms with E-state index in [4.69, 9.17) is 23.2 Å². The number of hydrogen-bond donors (Lipinski definition) is 8. The van der Waals surface area contributed by atoms with Crippen molar-refractivity contribution in [3.8, 4) is 0 Å². The predicted molar refractivity (Wildman–Crippen MR) is 168 cm³/mol. The lowest BCUT2D eigenvalue weighted by molar-refractivity contribution is 0.0901. The number of imidazole rings is 2. The highest BCUT2D eigenvalue weighted by atomic mass is 35.5. The first-order valence-electron chi connectivity index (χ1n) is 15.3. The third-order valence-electron chi connectivity index (χ3n) is 7.50. The zero-order valence-corrected chi connectivity index (χ0v) is 26.8. The van der Waals surface area contributed by atoms with Crippen LogP contribution in [0, 0.1) is 0 Å². The summed E-state index contributed by atoms with van der Waals surface area (Å²) in [5, 5.41) is 20.5. The number of halogens is 2. The van der Waals surface area contributed by atoms with Crippen LogP contribution >= 0.6 is 23.2 Å². The Bertz CT molecular complexity index is 1040. The van der Waals surface area contributed by atoms with Gasteiger partial charge in [-0.2, -0.15) is 0 Å². The van der Waals surface area contributed by atoms with Crippen molar-refractivity contribution in [2.75, 3.05) is 39.3 Å². The minimum atomic E-state index is -0.188. The maximum Gasteiger partial charge on any atom is 0.287 e. The molecule has 2 aromatic heterocycles. The molecule has 0 bridgehead atoms. The summed E-state index contributed by atoms with van der Waals surface area (Å²) in [6.45, 7) is 13.7. The average molecular weight is 628 g/mol. The fourth-order valence-electron chi connectivity index (χ4n) is 5.08. The Morgan fingerprint density at radius 3 is 1.45 bits per heavy atom. The number of aromatic nitrogens is 4. The second-order valence-electron chi connectivity index (χ2n) is 10.7. The van der Waals surface area contributed by atoms with Crippen LogP contribution in [0.4, 0.5) is 0 Å². The molecule has 4 atom stereocenters. The largest absolute Gasteiger partial charge is 0.345 e. The number of rotatable bonds is 12. The summed E-state index contributed by atoms with van der Waals surface area (Å²) in [4.78, 5) is 38.8. The van der Waals surface area contributed by atoms with Gasteiger partial charge in [-0.05, 0) is 64.7 Å². The molecule has 2 aromatic rings. The third kappa shape index (κ3) is 9.92. The van der Waals surface area contributed by atoms with E-state index >= 15 is 0 Å². The van der Waals surface area contributed by atoms with E-state index in [0.717, 1.165) is 89.2 Å². The topological polar surface area (TPSA) is 164 Å². The van der Waals surface area contributed by atoms with Crippen LogP contribution in [0.25, 0.3) is 0 Å². The molecule has 236 valence electrons. The van der Waals surface area contributed by atoms with Gasteiger partial charge in [0.05, 0.1) is 11.4 Å². The lowest BCUT2D eigenvalue weighted by Crippen LogP contribution is -2.58. The van der Waals surface area contributed by atoms with Crippen LogP contribution in [0.2, 0.25) is 10.3 Å². The quantitative estimate of drug-likeness (QED) is 0.178. The SMILES string of the molecule is CCCN[C@@H]1CNCC[C@@H]1NC(=O)c1nc(Cl)c(CC)[nH]1.CCCN[C@@H]1CNCC[C@H]1NC(=O)c1nc(Cl)c(CC)[nH]1. The molecule has 0 unspecified atom stereocenters. The van der Waals surface area contributed by atoms with Crippen molar-refractivity contribution < 1.29 is 9.59 Å². The number of nitrogens with zero attached hydrogens (tertiary/aromatic N) is 2. The van der Waals surface area contributed by atoms with Gasteiger partial charge in [-0.1, -0.05) is 50.9 Å². The van der Waals surface area contributed by atoms with Crippen LogP contribution in [-0.4, -0.2) is 95.2 Å². The molecule has 2 amide bonds. The fraction of sp³-hybridized carbons (Fsp3) is 0.714. The lowest BCUT2D eigenvalue weighted by Gasteiger charge is -2.33. The van der Waals surface area contributed by atoms with Crippen LogP contribution in [-0.2, 0) is 12.8 Å². The number of amides is 2. The van der Waals surface area contributed by atoms with Gasteiger partial charge in [0.1, 0.15) is 0 Å². The number of hydrogen-bond acceptors (Lipinski definition) is 8. The highest BCUT2D eigenvalue weighted by Crippen LogP contribution is 2.15. The molecule has 0 aromatic carbocycles. The Morgan fingerprint density at radius 2 is 1.12 bits per heavy atom. The van der Waals surface area contributed by atoms with Crippen molar-refractivity contribution in [2.45, 2.75) is 90.4 Å². The molecule has 0 radical (unpaired) electrons. The van der Waals surface area contributed by atoms with E-state index in [1.165, 1.54) is 0 Å². The second kappa shape index (κ2) is 17.8. The number of aromatic amines is 2. The smallest absolute Gasteiger partial charge is 0.287 e. The maximum absolute atomic E-state index is 12.3. The molecule has 2 aliphatic heterocycles. The van der Waals surface area contributed by atoms with E-state index in [-0.39, 0.29) is 36.0 Å². The minimum absolute atomic E-state index is 0.110. The molecule has 2 fully saturated rings. The van der Waals surface area contributed by atoms with Gasteiger partial charge >= 0.3 is 0 Å². The molecule has 42 heavy (non-hydrogen) atoms. The third-order valence-corrected chi connectivity index (χ3v) is 8.13. The first-order chi connectivity index (χ1) is 20.3. The second-order valence-corrected chi connectivity index (χ2v) is 11.4. The van der Waals surface area contributed by atoms with Crippen LogP contribution in [0.3, 0.4) is 0 Å². The van der Waals surface area contributed by atoms with Gasteiger partial charge in [0, 0.05) is 37.3 Å². The molecule has 8 N–H and O–H groups in total. The minimum Gasteiger partial charge on any atom is -0.345 e. The van der Waals surface area contributed by atoms with Crippen molar-refractivity contribution in [3.63, 3.8) is 0 Å². The van der Waals surface area contributed by atoms with Crippen molar-refractivity contribution in [3.05, 3.63) is 33.3 Å². The van der Waals surface area contributed by atoms with Gasteiger partial charge in [-0.25, -0.2) is 9.97 Å². The standard InChI is InChI=1S/2C14H24ClN5O/c2*1-3-6-17-11-8-16-7-5-10(11)19-14(21)13-18-9(4-2)12(15)20-13/h2*10-11,16-17H,3-8H2,1-2H3,(H,18,20)(H,19,21)/t10-,11+;10-,11-/m01/s1. The normalized spacial score (nSPS) is 22.2. The van der Waals surface area contributed by atoms with Gasteiger partial charge < -0.3 is 41.9 Å². The summed E-state index contributed by atoms with van der Waals surface area (Å²) in [5.41, 5.74) is 1.60. The predicted octanol–water partition coefficient (Wildman–Crippen LogP) is 2.17. The molecule has 0 aliphatic carbocycles. The first-order valence-corrected chi connectivity index (χ1v) is 16.0. The molecule has 4 rings (SSSR count). The Labute approximate surface area is 259 Å². The Morgan fingerprint density at radius 1 is 0.714 bits per heavy atom. The zero-order chi connectivity index (χ0) is 30.5. The number of piperidine rings is 2. The molecular weight excluding hydrogens is 579 g/mol. The van der Waals surface area contributed by atoms with Crippen molar-refractivity contribution in [1.82, 2.24) is 51.8 Å². The molecule has 2 saturated heterocycles. The Balaban J connectivity index is 0.000000230. The van der Waals surface area contributed by atoms with Crippen LogP contribution < -0.4 is 31.9 Å². The zero-order valence-electron chi connectivity index (χ0n) is 25.3. The maximum atomic E-state index is 12.3. The molecule has 2 aliphatic rings. The monoisotopic (exact) mass is 626 g/mol. The summed E-state index contributed by atoms with van der Waals surface area (Å²) in [5.74, 6) is 0.216. The molecule has 0 spiro atoms. The molecule has 0 saturated carbocycles. The van der Waals surface area contributed by atoms with Crippen molar-refractivity contribution in [2.24, 2.45) is 0 Å². The molecule has 4 heterocycles. The molecular formula is C28H48Cl2N10O2. The fourth-order valence-corrected chi connectivity index (χ4v) is 5.62. The number of nitrogens with one attached hydrogen (secondary N) is 8. The van der Waals surface area contributed by atoms with E-state index in [9.17, 15) is 9.59 Å². The summed E-state index contributed by atoms with van der Waals surface area (Å²) in [6.07, 6.45) is 5.42. The van der Waals surface area contributed by atoms with Crippen molar-refractivity contribution >= 4 is 35.0 Å². The highest BCUT2D eigenvalue weighted by Gasteiger charge is 2.28. The van der Waals surface area contributed by atoms with Gasteiger partial charge in [-0.3, -0.25) is 9.59 Å². The Kier molecular flexibility index (Phi) is 14.5. The number of aryl methyl sites for hydroxylation is 2. The summed E-state index contributed by atoms with van der Waals surface area (Å²) < 4.78 is 0. The summed E-state index contributed by atoms with van der Waals surface area (Å²) in [7, 11) is 0. The first kappa shape index (κ1) is 34.3. The van der Waals surface area contributed by atoms with E-state index in [1.807, 2.05) is 13.8 Å². The molecule has 12 nitrogen and oxygen atoms in total. The van der Waals surface area contributed by atoms with E-state index < -0.39 is 0 Å². The molecule has 14 heteroatoms. The van der Waals surface area contributed by atoms with Gasteiger partial charge in [-0.15, -0.1) is 0 Å². The van der Waals surface area contributed by atoms with Gasteiger partial charge in [0.15, 0.2) is 22.0 Å². The van der Waals surface area contributed by atoms with Crippen LogP contribution in [0.1, 0.15) is 86.0 Å². The highest BCUT2D eigenvalue weighted by molar-refractivity contribution is 6.30. The van der Waals surface area contributed by atoms with Crippen molar-refractivity contribution in [1.29, 1.82) is 0 Å². The van der Waals surface area contributed by atoms with E-state index in [1.54, 1.807) is 0 Å². The summed E-state index contributed by atoms with van der Waals surface area (Å²) >= 11 is 12.0. The van der Waals surface area contributed by atoms with Crippen LogP contribution in [0.15, 0.2) is 0 Å². The lowest BCUT2D eigenvalue weighted by atomic mass is 10.0. The number of H-pyrrole nitrogens is 2. The van der Waals surface area contributed by atoms with Gasteiger partial charge in [0.2, 0.25) is 0 Å².